The van der Waals surface area contributed by atoms with Crippen molar-refractivity contribution in [2.45, 2.75) is 39.7 Å². The largest absolute Gasteiger partial charge is 0.494 e. The zero-order valence-electron chi connectivity index (χ0n) is 18.2. The van der Waals surface area contributed by atoms with E-state index in [4.69, 9.17) is 21.1 Å². The predicted octanol–water partition coefficient (Wildman–Crippen LogP) is 4.16. The van der Waals surface area contributed by atoms with Crippen LogP contribution in [0.4, 0.5) is 0 Å². The van der Waals surface area contributed by atoms with E-state index in [2.05, 4.69) is 5.32 Å². The summed E-state index contributed by atoms with van der Waals surface area (Å²) in [7, 11) is 0. The highest BCUT2D eigenvalue weighted by atomic mass is 35.5. The molecule has 1 aliphatic rings. The van der Waals surface area contributed by atoms with E-state index >= 15 is 0 Å². The van der Waals surface area contributed by atoms with Crippen LogP contribution in [0.2, 0.25) is 5.02 Å². The lowest BCUT2D eigenvalue weighted by atomic mass is 10.0. The molecule has 0 radical (unpaired) electrons. The van der Waals surface area contributed by atoms with Gasteiger partial charge in [0, 0.05) is 29.7 Å². The summed E-state index contributed by atoms with van der Waals surface area (Å²) in [5.74, 6) is 1.23. The Labute approximate surface area is 188 Å². The minimum atomic E-state index is -0.107. The predicted molar refractivity (Wildman–Crippen MR) is 121 cm³/mol. The van der Waals surface area contributed by atoms with E-state index in [0.717, 1.165) is 16.9 Å². The first-order chi connectivity index (χ1) is 14.9. The van der Waals surface area contributed by atoms with E-state index in [9.17, 15) is 9.59 Å². The highest BCUT2D eigenvalue weighted by Crippen LogP contribution is 2.26. The average molecular weight is 445 g/mol. The fourth-order valence-corrected chi connectivity index (χ4v) is 3.75. The van der Waals surface area contributed by atoms with Gasteiger partial charge in [0.1, 0.15) is 11.5 Å². The van der Waals surface area contributed by atoms with Gasteiger partial charge in [0.05, 0.1) is 6.61 Å². The summed E-state index contributed by atoms with van der Waals surface area (Å²) in [4.78, 5) is 26.8. The van der Waals surface area contributed by atoms with Crippen molar-refractivity contribution in [3.8, 4) is 11.5 Å². The number of benzene rings is 2. The van der Waals surface area contributed by atoms with Gasteiger partial charge in [-0.15, -0.1) is 0 Å². The Hall–Kier alpha value is -2.73. The number of piperidine rings is 1. The van der Waals surface area contributed by atoms with E-state index < -0.39 is 0 Å². The van der Waals surface area contributed by atoms with Crippen molar-refractivity contribution in [1.29, 1.82) is 0 Å². The molecule has 0 unspecified atom stereocenters. The second-order valence-electron chi connectivity index (χ2n) is 7.75. The van der Waals surface area contributed by atoms with Gasteiger partial charge in [-0.3, -0.25) is 9.59 Å². The molecule has 0 atom stereocenters. The normalized spacial score (nSPS) is 14.3. The van der Waals surface area contributed by atoms with Gasteiger partial charge in [-0.1, -0.05) is 11.6 Å². The molecular formula is C24H29ClN2O4. The van der Waals surface area contributed by atoms with Gasteiger partial charge in [0.25, 0.3) is 11.8 Å². The topological polar surface area (TPSA) is 67.9 Å². The fraction of sp³-hybridized carbons (Fsp3) is 0.417. The van der Waals surface area contributed by atoms with Gasteiger partial charge in [-0.25, -0.2) is 0 Å². The minimum Gasteiger partial charge on any atom is -0.494 e. The highest BCUT2D eigenvalue weighted by Gasteiger charge is 2.24. The maximum Gasteiger partial charge on any atom is 0.260 e. The molecule has 1 fully saturated rings. The molecule has 0 aromatic heterocycles. The summed E-state index contributed by atoms with van der Waals surface area (Å²) in [6.07, 6.45) is 1.43. The van der Waals surface area contributed by atoms with Crippen molar-refractivity contribution in [2.24, 2.45) is 0 Å². The molecule has 3 rings (SSSR count). The first kappa shape index (κ1) is 22.9. The number of likely N-dealkylation sites (tertiary alicyclic amines) is 1. The van der Waals surface area contributed by atoms with Crippen molar-refractivity contribution >= 4 is 23.4 Å². The highest BCUT2D eigenvalue weighted by molar-refractivity contribution is 6.32. The lowest BCUT2D eigenvalue weighted by Crippen LogP contribution is -2.47. The molecule has 0 saturated carbocycles. The van der Waals surface area contributed by atoms with Crippen molar-refractivity contribution in [3.63, 3.8) is 0 Å². The summed E-state index contributed by atoms with van der Waals surface area (Å²) in [5.41, 5.74) is 2.45. The third kappa shape index (κ3) is 6.14. The van der Waals surface area contributed by atoms with Crippen molar-refractivity contribution in [1.82, 2.24) is 10.2 Å². The molecule has 1 N–H and O–H groups in total. The fourth-order valence-electron chi connectivity index (χ4n) is 3.64. The monoisotopic (exact) mass is 444 g/mol. The van der Waals surface area contributed by atoms with Crippen LogP contribution in [0.5, 0.6) is 11.5 Å². The maximum absolute atomic E-state index is 12.5. The molecule has 166 valence electrons. The van der Waals surface area contributed by atoms with Crippen LogP contribution >= 0.6 is 11.6 Å². The third-order valence-electron chi connectivity index (χ3n) is 5.38. The van der Waals surface area contributed by atoms with Crippen LogP contribution in [0, 0.1) is 13.8 Å². The number of carbonyl (C=O) groups is 2. The zero-order valence-corrected chi connectivity index (χ0v) is 19.0. The van der Waals surface area contributed by atoms with Gasteiger partial charge >= 0.3 is 0 Å². The molecule has 1 heterocycles. The number of carbonyl (C=O) groups excluding carboxylic acids is 2. The Kier molecular flexibility index (Phi) is 7.80. The van der Waals surface area contributed by atoms with Crippen LogP contribution in [0.3, 0.4) is 0 Å². The Morgan fingerprint density at radius 2 is 1.65 bits per heavy atom. The third-order valence-corrected chi connectivity index (χ3v) is 5.98. The molecule has 1 aliphatic heterocycles. The molecule has 2 amide bonds. The Balaban J connectivity index is 1.44. The molecule has 0 spiro atoms. The molecule has 7 heteroatoms. The van der Waals surface area contributed by atoms with Crippen LogP contribution in [-0.2, 0) is 4.79 Å². The van der Waals surface area contributed by atoms with E-state index in [1.54, 1.807) is 29.2 Å². The molecule has 2 aromatic carbocycles. The van der Waals surface area contributed by atoms with E-state index in [0.29, 0.717) is 48.9 Å². The summed E-state index contributed by atoms with van der Waals surface area (Å²) in [6.45, 7) is 7.51. The van der Waals surface area contributed by atoms with Crippen LogP contribution < -0.4 is 14.8 Å². The summed E-state index contributed by atoms with van der Waals surface area (Å²) in [5, 5.41) is 3.78. The number of nitrogens with one attached hydrogen (secondary N) is 1. The number of rotatable bonds is 7. The van der Waals surface area contributed by atoms with Crippen LogP contribution in [0.1, 0.15) is 41.3 Å². The second kappa shape index (κ2) is 10.5. The molecule has 31 heavy (non-hydrogen) atoms. The number of nitrogens with zero attached hydrogens (tertiary/aromatic N) is 1. The maximum atomic E-state index is 12.5. The van der Waals surface area contributed by atoms with Gasteiger partial charge in [0.2, 0.25) is 0 Å². The number of ether oxygens (including phenoxy) is 2. The van der Waals surface area contributed by atoms with Gasteiger partial charge < -0.3 is 19.7 Å². The Morgan fingerprint density at radius 3 is 2.23 bits per heavy atom. The molecule has 0 bridgehead atoms. The van der Waals surface area contributed by atoms with Crippen molar-refractivity contribution < 1.29 is 19.1 Å². The van der Waals surface area contributed by atoms with Gasteiger partial charge in [0.15, 0.2) is 6.61 Å². The SMILES string of the molecule is CCOc1ccc(C(=O)NC2CCN(C(=O)COc3cc(C)c(Cl)c(C)c3)CC2)cc1. The van der Waals surface area contributed by atoms with Crippen LogP contribution in [-0.4, -0.2) is 49.1 Å². The lowest BCUT2D eigenvalue weighted by molar-refractivity contribution is -0.134. The van der Waals surface area contributed by atoms with E-state index in [-0.39, 0.29) is 24.5 Å². The summed E-state index contributed by atoms with van der Waals surface area (Å²) < 4.78 is 11.1. The summed E-state index contributed by atoms with van der Waals surface area (Å²) >= 11 is 6.18. The molecule has 1 saturated heterocycles. The van der Waals surface area contributed by atoms with Crippen LogP contribution in [0.25, 0.3) is 0 Å². The average Bonchev–Trinajstić information content (AvgIpc) is 2.77. The number of hydrogen-bond donors (Lipinski definition) is 1. The molecule has 0 aliphatic carbocycles. The standard InChI is InChI=1S/C24H29ClN2O4/c1-4-30-20-7-5-18(6-8-20)24(29)26-19-9-11-27(12-10-19)22(28)15-31-21-13-16(2)23(25)17(3)14-21/h5-8,13-14,19H,4,9-12,15H2,1-3H3,(H,26,29). The first-order valence-corrected chi connectivity index (χ1v) is 11.0. The first-order valence-electron chi connectivity index (χ1n) is 10.6. The second-order valence-corrected chi connectivity index (χ2v) is 8.12. The lowest BCUT2D eigenvalue weighted by Gasteiger charge is -2.32. The van der Waals surface area contributed by atoms with Gasteiger partial charge in [-0.05, 0) is 81.1 Å². The van der Waals surface area contributed by atoms with Crippen molar-refractivity contribution in [3.05, 3.63) is 58.1 Å². The minimum absolute atomic E-state index is 0.0102. The quantitative estimate of drug-likeness (QED) is 0.696. The Morgan fingerprint density at radius 1 is 1.03 bits per heavy atom. The number of hydrogen-bond acceptors (Lipinski definition) is 4. The number of amides is 2. The van der Waals surface area contributed by atoms with E-state index in [1.165, 1.54) is 0 Å². The molecule has 2 aromatic rings. The molecular weight excluding hydrogens is 416 g/mol. The number of aryl methyl sites for hydroxylation is 2. The summed E-state index contributed by atoms with van der Waals surface area (Å²) in [6, 6.07) is 10.8. The van der Waals surface area contributed by atoms with E-state index in [1.807, 2.05) is 32.9 Å². The number of halogens is 1. The smallest absolute Gasteiger partial charge is 0.260 e. The van der Waals surface area contributed by atoms with Gasteiger partial charge in [-0.2, -0.15) is 0 Å². The Bertz CT molecular complexity index is 899. The van der Waals surface area contributed by atoms with Crippen molar-refractivity contribution in [2.75, 3.05) is 26.3 Å². The molecule has 6 nitrogen and oxygen atoms in total. The van der Waals surface area contributed by atoms with Crippen LogP contribution in [0.15, 0.2) is 36.4 Å². The zero-order chi connectivity index (χ0) is 22.4.